The Morgan fingerprint density at radius 1 is 1.19 bits per heavy atom. The van der Waals surface area contributed by atoms with E-state index in [9.17, 15) is 19.7 Å². The molecule has 8 heteroatoms. The van der Waals surface area contributed by atoms with Gasteiger partial charge in [0.2, 0.25) is 5.91 Å². The molecule has 1 atom stereocenters. The average Bonchev–Trinajstić information content (AvgIpc) is 2.66. The Bertz CT molecular complexity index is 822. The number of ether oxygens (including phenoxy) is 1. The number of carbonyl (C=O) groups is 2. The van der Waals surface area contributed by atoms with Crippen LogP contribution in [0.4, 0.5) is 5.69 Å². The minimum Gasteiger partial charge on any atom is -0.496 e. The monoisotopic (exact) mass is 357 g/mol. The van der Waals surface area contributed by atoms with Gasteiger partial charge in [-0.1, -0.05) is 24.3 Å². The number of amides is 2. The van der Waals surface area contributed by atoms with Gasteiger partial charge in [-0.2, -0.15) is 0 Å². The maximum atomic E-state index is 12.2. The number of nitro groups is 1. The number of hydrogen-bond donors (Lipinski definition) is 2. The summed E-state index contributed by atoms with van der Waals surface area (Å²) in [6.07, 6.45) is 0. The SMILES string of the molecule is COc1ccccc1CNC(=O)C(C)NC(=O)c1cccc([N+](=O)[O-])c1. The summed E-state index contributed by atoms with van der Waals surface area (Å²) >= 11 is 0. The Labute approximate surface area is 150 Å². The van der Waals surface area contributed by atoms with Crippen LogP contribution in [-0.2, 0) is 11.3 Å². The molecular weight excluding hydrogens is 338 g/mol. The minimum absolute atomic E-state index is 0.114. The van der Waals surface area contributed by atoms with Crippen molar-refractivity contribution in [1.29, 1.82) is 0 Å². The first-order chi connectivity index (χ1) is 12.4. The molecule has 0 aliphatic carbocycles. The molecule has 0 saturated heterocycles. The molecule has 0 heterocycles. The number of nitro benzene ring substituents is 1. The van der Waals surface area contributed by atoms with Crippen molar-refractivity contribution < 1.29 is 19.2 Å². The molecule has 0 spiro atoms. The molecule has 0 aliphatic heterocycles. The molecule has 0 aromatic heterocycles. The van der Waals surface area contributed by atoms with Crippen LogP contribution in [0.1, 0.15) is 22.8 Å². The van der Waals surface area contributed by atoms with Crippen molar-refractivity contribution in [1.82, 2.24) is 10.6 Å². The van der Waals surface area contributed by atoms with Gasteiger partial charge in [-0.25, -0.2) is 0 Å². The van der Waals surface area contributed by atoms with E-state index in [1.54, 1.807) is 13.2 Å². The first-order valence-electron chi connectivity index (χ1n) is 7.87. The van der Waals surface area contributed by atoms with Crippen LogP contribution in [0.15, 0.2) is 48.5 Å². The zero-order valence-electron chi connectivity index (χ0n) is 14.4. The van der Waals surface area contributed by atoms with Gasteiger partial charge < -0.3 is 15.4 Å². The largest absolute Gasteiger partial charge is 0.496 e. The van der Waals surface area contributed by atoms with Gasteiger partial charge in [-0.05, 0) is 19.1 Å². The van der Waals surface area contributed by atoms with E-state index in [0.29, 0.717) is 5.75 Å². The molecule has 0 aliphatic rings. The number of benzene rings is 2. The zero-order valence-corrected chi connectivity index (χ0v) is 14.4. The van der Waals surface area contributed by atoms with Gasteiger partial charge in [0.1, 0.15) is 11.8 Å². The Morgan fingerprint density at radius 3 is 2.62 bits per heavy atom. The van der Waals surface area contributed by atoms with Crippen molar-refractivity contribution >= 4 is 17.5 Å². The maximum Gasteiger partial charge on any atom is 0.270 e. The van der Waals surface area contributed by atoms with Crippen molar-refractivity contribution in [3.05, 3.63) is 69.8 Å². The molecule has 1 unspecified atom stereocenters. The summed E-state index contributed by atoms with van der Waals surface area (Å²) in [5, 5.41) is 16.0. The van der Waals surface area contributed by atoms with Crippen molar-refractivity contribution in [3.63, 3.8) is 0 Å². The summed E-state index contributed by atoms with van der Waals surface area (Å²) in [5.74, 6) is -0.288. The Morgan fingerprint density at radius 2 is 1.92 bits per heavy atom. The highest BCUT2D eigenvalue weighted by molar-refractivity contribution is 5.97. The normalized spacial score (nSPS) is 11.3. The van der Waals surface area contributed by atoms with Crippen LogP contribution in [0.5, 0.6) is 5.75 Å². The summed E-state index contributed by atoms with van der Waals surface area (Å²) in [6, 6.07) is 11.8. The smallest absolute Gasteiger partial charge is 0.270 e. The van der Waals surface area contributed by atoms with Gasteiger partial charge in [0.25, 0.3) is 11.6 Å². The number of nitrogens with zero attached hydrogens (tertiary/aromatic N) is 1. The molecule has 0 bridgehead atoms. The first-order valence-corrected chi connectivity index (χ1v) is 7.87. The molecule has 2 aromatic carbocycles. The molecule has 2 amide bonds. The third-order valence-electron chi connectivity index (χ3n) is 3.71. The minimum atomic E-state index is -0.809. The van der Waals surface area contributed by atoms with Gasteiger partial charge in [-0.3, -0.25) is 19.7 Å². The standard InChI is InChI=1S/C18H19N3O5/c1-12(17(22)19-11-14-6-3-4-9-16(14)26-2)20-18(23)13-7-5-8-15(10-13)21(24)25/h3-10,12H,11H2,1-2H3,(H,19,22)(H,20,23). The summed E-state index contributed by atoms with van der Waals surface area (Å²) in [7, 11) is 1.54. The van der Waals surface area contributed by atoms with Gasteiger partial charge in [0.15, 0.2) is 0 Å². The van der Waals surface area contributed by atoms with E-state index in [1.165, 1.54) is 25.1 Å². The number of nitrogens with one attached hydrogen (secondary N) is 2. The lowest BCUT2D eigenvalue weighted by Gasteiger charge is -2.15. The van der Waals surface area contributed by atoms with Crippen LogP contribution >= 0.6 is 0 Å². The van der Waals surface area contributed by atoms with Crippen LogP contribution in [0, 0.1) is 10.1 Å². The fraction of sp³-hybridized carbons (Fsp3) is 0.222. The predicted molar refractivity (Wildman–Crippen MR) is 94.9 cm³/mol. The summed E-state index contributed by atoms with van der Waals surface area (Å²) in [4.78, 5) is 34.6. The summed E-state index contributed by atoms with van der Waals surface area (Å²) < 4.78 is 5.21. The van der Waals surface area contributed by atoms with E-state index in [4.69, 9.17) is 4.74 Å². The topological polar surface area (TPSA) is 111 Å². The Balaban J connectivity index is 1.95. The third-order valence-corrected chi connectivity index (χ3v) is 3.71. The van der Waals surface area contributed by atoms with E-state index in [-0.39, 0.29) is 23.7 Å². The van der Waals surface area contributed by atoms with Crippen molar-refractivity contribution in [3.8, 4) is 5.75 Å². The maximum absolute atomic E-state index is 12.2. The van der Waals surface area contributed by atoms with E-state index in [1.807, 2.05) is 18.2 Å². The van der Waals surface area contributed by atoms with E-state index in [2.05, 4.69) is 10.6 Å². The van der Waals surface area contributed by atoms with Gasteiger partial charge in [0.05, 0.1) is 12.0 Å². The fourth-order valence-electron chi connectivity index (χ4n) is 2.29. The number of para-hydroxylation sites is 1. The van der Waals surface area contributed by atoms with E-state index >= 15 is 0 Å². The number of non-ortho nitro benzene ring substituents is 1. The van der Waals surface area contributed by atoms with Crippen LogP contribution in [0.2, 0.25) is 0 Å². The molecule has 2 aromatic rings. The van der Waals surface area contributed by atoms with Crippen LogP contribution in [-0.4, -0.2) is 29.9 Å². The van der Waals surface area contributed by atoms with Crippen molar-refractivity contribution in [2.75, 3.05) is 7.11 Å². The second kappa shape index (κ2) is 8.61. The quantitative estimate of drug-likeness (QED) is 0.582. The number of carbonyl (C=O) groups excluding carboxylic acids is 2. The number of methoxy groups -OCH3 is 1. The zero-order chi connectivity index (χ0) is 19.1. The number of rotatable bonds is 7. The first kappa shape index (κ1) is 18.9. The second-order valence-electron chi connectivity index (χ2n) is 5.53. The summed E-state index contributed by atoms with van der Waals surface area (Å²) in [5.41, 5.74) is 0.732. The lowest BCUT2D eigenvalue weighted by atomic mass is 10.1. The van der Waals surface area contributed by atoms with Crippen LogP contribution < -0.4 is 15.4 Å². The van der Waals surface area contributed by atoms with Crippen LogP contribution in [0.25, 0.3) is 0 Å². The Kier molecular flexibility index (Phi) is 6.26. The molecular formula is C18H19N3O5. The highest BCUT2D eigenvalue weighted by Gasteiger charge is 2.18. The van der Waals surface area contributed by atoms with Gasteiger partial charge in [-0.15, -0.1) is 0 Å². The molecule has 8 nitrogen and oxygen atoms in total. The average molecular weight is 357 g/mol. The second-order valence-corrected chi connectivity index (χ2v) is 5.53. The molecule has 0 saturated carbocycles. The number of hydrogen-bond acceptors (Lipinski definition) is 5. The fourth-order valence-corrected chi connectivity index (χ4v) is 2.29. The van der Waals surface area contributed by atoms with Crippen LogP contribution in [0.3, 0.4) is 0 Å². The Hall–Kier alpha value is -3.42. The van der Waals surface area contributed by atoms with Gasteiger partial charge in [0, 0.05) is 29.8 Å². The molecule has 2 rings (SSSR count). The third kappa shape index (κ3) is 4.79. The lowest BCUT2D eigenvalue weighted by molar-refractivity contribution is -0.384. The molecule has 0 fully saturated rings. The van der Waals surface area contributed by atoms with E-state index < -0.39 is 16.9 Å². The molecule has 136 valence electrons. The van der Waals surface area contributed by atoms with Gasteiger partial charge >= 0.3 is 0 Å². The highest BCUT2D eigenvalue weighted by atomic mass is 16.6. The highest BCUT2D eigenvalue weighted by Crippen LogP contribution is 2.16. The van der Waals surface area contributed by atoms with Crippen molar-refractivity contribution in [2.24, 2.45) is 0 Å². The molecule has 26 heavy (non-hydrogen) atoms. The van der Waals surface area contributed by atoms with Crippen molar-refractivity contribution in [2.45, 2.75) is 19.5 Å². The summed E-state index contributed by atoms with van der Waals surface area (Å²) in [6.45, 7) is 1.78. The predicted octanol–water partition coefficient (Wildman–Crippen LogP) is 2.04. The van der Waals surface area contributed by atoms with E-state index in [0.717, 1.165) is 11.6 Å². The lowest BCUT2D eigenvalue weighted by Crippen LogP contribution is -2.44. The molecule has 0 radical (unpaired) electrons. The molecule has 2 N–H and O–H groups in total.